The molecule has 0 aromatic heterocycles. The molecule has 1 aromatic carbocycles. The molecule has 0 bridgehead atoms. The minimum atomic E-state index is -2.96. The number of aliphatic imine (C=N–C) groups is 1. The summed E-state index contributed by atoms with van der Waals surface area (Å²) in [6.07, 6.45) is 4.31. The molecule has 0 spiro atoms. The average molecular weight is 551 g/mol. The summed E-state index contributed by atoms with van der Waals surface area (Å²) < 4.78 is 22.9. The number of likely N-dealkylation sites (tertiary alicyclic amines) is 1. The number of nitrogens with zero attached hydrogens (tertiary/aromatic N) is 2. The van der Waals surface area contributed by atoms with Crippen molar-refractivity contribution in [3.63, 3.8) is 0 Å². The van der Waals surface area contributed by atoms with Crippen molar-refractivity contribution < 1.29 is 8.42 Å². The molecule has 8 heteroatoms. The Kier molecular flexibility index (Phi) is 12.2. The number of rotatable bonds is 9. The number of nitrogens with one attached hydrogen (secondary N) is 2. The van der Waals surface area contributed by atoms with Crippen molar-refractivity contribution in [2.24, 2.45) is 10.9 Å². The molecular weight excluding hydrogens is 511 g/mol. The number of piperidine rings is 1. The molecule has 0 amide bonds. The first-order valence-electron chi connectivity index (χ1n) is 10.8. The predicted octanol–water partition coefficient (Wildman–Crippen LogP) is 3.46. The Balaban J connectivity index is 0.00000450. The smallest absolute Gasteiger partial charge is 0.191 e. The van der Waals surface area contributed by atoms with Crippen LogP contribution in [0.4, 0.5) is 0 Å². The monoisotopic (exact) mass is 550 g/mol. The van der Waals surface area contributed by atoms with Gasteiger partial charge in [-0.2, -0.15) is 0 Å². The topological polar surface area (TPSA) is 73.8 Å². The van der Waals surface area contributed by atoms with Gasteiger partial charge >= 0.3 is 0 Å². The Morgan fingerprint density at radius 1 is 1.23 bits per heavy atom. The zero-order valence-electron chi connectivity index (χ0n) is 18.8. The van der Waals surface area contributed by atoms with Crippen molar-refractivity contribution in [1.82, 2.24) is 15.5 Å². The summed E-state index contributed by atoms with van der Waals surface area (Å²) in [7, 11) is -2.96. The van der Waals surface area contributed by atoms with Crippen LogP contribution in [0.1, 0.15) is 51.6 Å². The molecule has 1 aliphatic heterocycles. The van der Waals surface area contributed by atoms with Crippen LogP contribution < -0.4 is 10.6 Å². The second kappa shape index (κ2) is 13.5. The van der Waals surface area contributed by atoms with E-state index in [0.717, 1.165) is 31.5 Å². The SMILES string of the molecule is CCNC(=NCC(c1ccccc1)N1CCC(C)CC1)NC(C)CCS(C)(=O)=O.I. The number of hydrogen-bond acceptors (Lipinski definition) is 4. The summed E-state index contributed by atoms with van der Waals surface area (Å²) in [6, 6.07) is 10.9. The van der Waals surface area contributed by atoms with E-state index in [1.54, 1.807) is 0 Å². The van der Waals surface area contributed by atoms with Gasteiger partial charge in [0.15, 0.2) is 5.96 Å². The fourth-order valence-electron chi connectivity index (χ4n) is 3.64. The van der Waals surface area contributed by atoms with Gasteiger partial charge in [-0.05, 0) is 57.7 Å². The maximum absolute atomic E-state index is 11.4. The maximum atomic E-state index is 11.4. The summed E-state index contributed by atoms with van der Waals surface area (Å²) >= 11 is 0. The molecular formula is C22H39IN4O2S. The van der Waals surface area contributed by atoms with Gasteiger partial charge < -0.3 is 10.6 Å². The molecule has 172 valence electrons. The highest BCUT2D eigenvalue weighted by atomic mass is 127. The van der Waals surface area contributed by atoms with Crippen LogP contribution in [0, 0.1) is 5.92 Å². The molecule has 1 saturated heterocycles. The van der Waals surface area contributed by atoms with E-state index in [0.29, 0.717) is 13.0 Å². The molecule has 1 heterocycles. The lowest BCUT2D eigenvalue weighted by molar-refractivity contribution is 0.141. The largest absolute Gasteiger partial charge is 0.357 e. The fourth-order valence-corrected chi connectivity index (χ4v) is 4.42. The third-order valence-corrected chi connectivity index (χ3v) is 6.49. The van der Waals surface area contributed by atoms with Gasteiger partial charge in [-0.3, -0.25) is 9.89 Å². The Labute approximate surface area is 200 Å². The number of guanidine groups is 1. The highest BCUT2D eigenvalue weighted by Crippen LogP contribution is 2.27. The first-order chi connectivity index (χ1) is 13.8. The van der Waals surface area contributed by atoms with E-state index in [2.05, 4.69) is 52.8 Å². The molecule has 1 aliphatic rings. The first-order valence-corrected chi connectivity index (χ1v) is 12.9. The van der Waals surface area contributed by atoms with Crippen LogP contribution in [0.3, 0.4) is 0 Å². The molecule has 1 fully saturated rings. The molecule has 2 N–H and O–H groups in total. The van der Waals surface area contributed by atoms with E-state index in [1.807, 2.05) is 13.8 Å². The van der Waals surface area contributed by atoms with Gasteiger partial charge in [0.05, 0.1) is 18.3 Å². The number of sulfone groups is 1. The second-order valence-electron chi connectivity index (χ2n) is 8.33. The van der Waals surface area contributed by atoms with Crippen LogP contribution in [0.25, 0.3) is 0 Å². The Hall–Kier alpha value is -0.870. The molecule has 6 nitrogen and oxygen atoms in total. The van der Waals surface area contributed by atoms with E-state index in [9.17, 15) is 8.42 Å². The second-order valence-corrected chi connectivity index (χ2v) is 10.6. The zero-order chi connectivity index (χ0) is 21.3. The molecule has 30 heavy (non-hydrogen) atoms. The van der Waals surface area contributed by atoms with E-state index in [-0.39, 0.29) is 41.8 Å². The summed E-state index contributed by atoms with van der Waals surface area (Å²) in [5.74, 6) is 1.72. The standard InChI is InChI=1S/C22H38N4O2S.HI/c1-5-23-22(25-19(3)13-16-29(4,27)28)24-17-21(20-9-7-6-8-10-20)26-14-11-18(2)12-15-26;/h6-10,18-19,21H,5,11-17H2,1-4H3,(H2,23,24,25);1H. The lowest BCUT2D eigenvalue weighted by Crippen LogP contribution is -2.44. The fraction of sp³-hybridized carbons (Fsp3) is 0.682. The van der Waals surface area contributed by atoms with Crippen molar-refractivity contribution >= 4 is 39.8 Å². The third-order valence-electron chi connectivity index (χ3n) is 5.51. The minimum absolute atomic E-state index is 0. The van der Waals surface area contributed by atoms with Gasteiger partial charge in [-0.1, -0.05) is 37.3 Å². The van der Waals surface area contributed by atoms with Gasteiger partial charge in [0.1, 0.15) is 9.84 Å². The molecule has 0 saturated carbocycles. The maximum Gasteiger partial charge on any atom is 0.191 e. The average Bonchev–Trinajstić information content (AvgIpc) is 2.68. The van der Waals surface area contributed by atoms with Gasteiger partial charge in [0, 0.05) is 18.8 Å². The molecule has 0 aliphatic carbocycles. The van der Waals surface area contributed by atoms with Gasteiger partial charge in [0.2, 0.25) is 0 Å². The van der Waals surface area contributed by atoms with Crippen LogP contribution in [-0.4, -0.2) is 63.5 Å². The van der Waals surface area contributed by atoms with Crippen molar-refractivity contribution in [3.05, 3.63) is 35.9 Å². The van der Waals surface area contributed by atoms with Gasteiger partial charge in [-0.15, -0.1) is 24.0 Å². The normalized spacial score (nSPS) is 18.3. The zero-order valence-corrected chi connectivity index (χ0v) is 21.9. The van der Waals surface area contributed by atoms with Gasteiger partial charge in [0.25, 0.3) is 0 Å². The predicted molar refractivity (Wildman–Crippen MR) is 137 cm³/mol. The molecule has 1 aromatic rings. The summed E-state index contributed by atoms with van der Waals surface area (Å²) in [5, 5.41) is 6.66. The Morgan fingerprint density at radius 3 is 2.43 bits per heavy atom. The quantitative estimate of drug-likeness (QED) is 0.280. The lowest BCUT2D eigenvalue weighted by Gasteiger charge is -2.36. The summed E-state index contributed by atoms with van der Waals surface area (Å²) in [5.41, 5.74) is 1.30. The van der Waals surface area contributed by atoms with E-state index in [1.165, 1.54) is 24.7 Å². The Bertz CT molecular complexity index is 735. The molecule has 2 unspecified atom stereocenters. The van der Waals surface area contributed by atoms with Crippen molar-refractivity contribution in [3.8, 4) is 0 Å². The van der Waals surface area contributed by atoms with Crippen LogP contribution in [0.5, 0.6) is 0 Å². The number of hydrogen-bond donors (Lipinski definition) is 2. The van der Waals surface area contributed by atoms with Crippen molar-refractivity contribution in [2.75, 3.05) is 38.2 Å². The Morgan fingerprint density at radius 2 is 1.87 bits per heavy atom. The first kappa shape index (κ1) is 27.2. The highest BCUT2D eigenvalue weighted by Gasteiger charge is 2.24. The molecule has 0 radical (unpaired) electrons. The van der Waals surface area contributed by atoms with Crippen LogP contribution in [0.15, 0.2) is 35.3 Å². The number of halogens is 1. The summed E-state index contributed by atoms with van der Waals surface area (Å²) in [6.45, 7) is 10.0. The highest BCUT2D eigenvalue weighted by molar-refractivity contribution is 14.0. The van der Waals surface area contributed by atoms with Crippen LogP contribution in [0.2, 0.25) is 0 Å². The van der Waals surface area contributed by atoms with E-state index < -0.39 is 9.84 Å². The summed E-state index contributed by atoms with van der Waals surface area (Å²) in [4.78, 5) is 7.42. The minimum Gasteiger partial charge on any atom is -0.357 e. The lowest BCUT2D eigenvalue weighted by atomic mass is 9.96. The number of benzene rings is 1. The van der Waals surface area contributed by atoms with E-state index >= 15 is 0 Å². The van der Waals surface area contributed by atoms with E-state index in [4.69, 9.17) is 4.99 Å². The third kappa shape index (κ3) is 9.96. The van der Waals surface area contributed by atoms with Crippen LogP contribution in [-0.2, 0) is 9.84 Å². The van der Waals surface area contributed by atoms with Gasteiger partial charge in [-0.25, -0.2) is 8.42 Å². The van der Waals surface area contributed by atoms with Crippen molar-refractivity contribution in [2.45, 2.75) is 52.1 Å². The molecule has 2 atom stereocenters. The van der Waals surface area contributed by atoms with Crippen LogP contribution >= 0.6 is 24.0 Å². The molecule has 2 rings (SSSR count). The van der Waals surface area contributed by atoms with Crippen molar-refractivity contribution in [1.29, 1.82) is 0 Å².